The third-order valence-corrected chi connectivity index (χ3v) is 5.04. The van der Waals surface area contributed by atoms with Gasteiger partial charge in [0.2, 0.25) is 5.91 Å². The number of amides is 1. The molecule has 1 amide bonds. The molecule has 2 atom stereocenters. The number of hydrogen-bond donors (Lipinski definition) is 2. The van der Waals surface area contributed by atoms with Crippen molar-refractivity contribution in [2.45, 2.75) is 56.7 Å². The molecule has 0 aromatic carbocycles. The molecular weight excluding hydrogens is 244 g/mol. The van der Waals surface area contributed by atoms with Crippen LogP contribution in [0, 0.1) is 5.92 Å². The van der Waals surface area contributed by atoms with Crippen LogP contribution in [0.25, 0.3) is 0 Å². The summed E-state index contributed by atoms with van der Waals surface area (Å²) in [5.74, 6) is 2.22. The Labute approximate surface area is 115 Å². The van der Waals surface area contributed by atoms with E-state index in [1.807, 2.05) is 11.8 Å². The SMILES string of the molecule is CCSC1CCCC(NC(=O)CNCC2CC2)C1. The van der Waals surface area contributed by atoms with E-state index < -0.39 is 0 Å². The molecule has 0 heterocycles. The van der Waals surface area contributed by atoms with Crippen LogP contribution in [0.3, 0.4) is 0 Å². The monoisotopic (exact) mass is 270 g/mol. The van der Waals surface area contributed by atoms with Gasteiger partial charge in [0.1, 0.15) is 0 Å². The molecule has 2 aliphatic carbocycles. The van der Waals surface area contributed by atoms with Gasteiger partial charge < -0.3 is 10.6 Å². The fourth-order valence-electron chi connectivity index (χ4n) is 2.65. The number of nitrogens with one attached hydrogen (secondary N) is 2. The number of rotatable bonds is 7. The van der Waals surface area contributed by atoms with Crippen molar-refractivity contribution in [2.24, 2.45) is 5.92 Å². The number of thioether (sulfide) groups is 1. The average molecular weight is 270 g/mol. The smallest absolute Gasteiger partial charge is 0.234 e. The van der Waals surface area contributed by atoms with E-state index in [1.54, 1.807) is 0 Å². The summed E-state index contributed by atoms with van der Waals surface area (Å²) in [6.07, 6.45) is 7.59. The predicted molar refractivity (Wildman–Crippen MR) is 77.9 cm³/mol. The van der Waals surface area contributed by atoms with Crippen molar-refractivity contribution in [3.63, 3.8) is 0 Å². The summed E-state index contributed by atoms with van der Waals surface area (Å²) in [6.45, 7) is 3.74. The van der Waals surface area contributed by atoms with E-state index in [4.69, 9.17) is 0 Å². The molecule has 104 valence electrons. The minimum absolute atomic E-state index is 0.183. The molecule has 2 rings (SSSR count). The number of hydrogen-bond acceptors (Lipinski definition) is 3. The molecule has 2 fully saturated rings. The second-order valence-corrected chi connectivity index (χ2v) is 7.16. The molecule has 0 saturated heterocycles. The highest BCUT2D eigenvalue weighted by molar-refractivity contribution is 7.99. The molecule has 2 unspecified atom stereocenters. The topological polar surface area (TPSA) is 41.1 Å². The first kappa shape index (κ1) is 14.2. The van der Waals surface area contributed by atoms with Gasteiger partial charge in [0, 0.05) is 11.3 Å². The standard InChI is InChI=1S/C14H26N2OS/c1-2-18-13-5-3-4-12(8-13)16-14(17)10-15-9-11-6-7-11/h11-13,15H,2-10H2,1H3,(H,16,17). The Hall–Kier alpha value is -0.220. The zero-order valence-corrected chi connectivity index (χ0v) is 12.2. The highest BCUT2D eigenvalue weighted by Gasteiger charge is 2.24. The van der Waals surface area contributed by atoms with Crippen molar-refractivity contribution < 1.29 is 4.79 Å². The maximum Gasteiger partial charge on any atom is 0.234 e. The maximum atomic E-state index is 11.8. The van der Waals surface area contributed by atoms with Gasteiger partial charge >= 0.3 is 0 Å². The van der Waals surface area contributed by atoms with E-state index in [0.29, 0.717) is 12.6 Å². The lowest BCUT2D eigenvalue weighted by molar-refractivity contribution is -0.121. The summed E-state index contributed by atoms with van der Waals surface area (Å²) in [5.41, 5.74) is 0. The second-order valence-electron chi connectivity index (χ2n) is 5.58. The van der Waals surface area contributed by atoms with Crippen molar-refractivity contribution >= 4 is 17.7 Å². The minimum Gasteiger partial charge on any atom is -0.352 e. The van der Waals surface area contributed by atoms with Gasteiger partial charge in [-0.15, -0.1) is 0 Å². The molecule has 3 nitrogen and oxygen atoms in total. The molecule has 0 radical (unpaired) electrons. The Morgan fingerprint density at radius 2 is 2.11 bits per heavy atom. The van der Waals surface area contributed by atoms with Crippen LogP contribution < -0.4 is 10.6 Å². The molecular formula is C14H26N2OS. The van der Waals surface area contributed by atoms with Crippen LogP contribution in [0.15, 0.2) is 0 Å². The normalized spacial score (nSPS) is 28.1. The van der Waals surface area contributed by atoms with Gasteiger partial charge in [0.25, 0.3) is 0 Å². The van der Waals surface area contributed by atoms with Crippen LogP contribution in [0.2, 0.25) is 0 Å². The van der Waals surface area contributed by atoms with Crippen LogP contribution in [0.4, 0.5) is 0 Å². The quantitative estimate of drug-likeness (QED) is 0.745. The van der Waals surface area contributed by atoms with Gasteiger partial charge in [0.15, 0.2) is 0 Å². The van der Waals surface area contributed by atoms with Gasteiger partial charge in [-0.3, -0.25) is 4.79 Å². The molecule has 2 aliphatic rings. The molecule has 2 saturated carbocycles. The summed E-state index contributed by atoms with van der Waals surface area (Å²) in [7, 11) is 0. The third kappa shape index (κ3) is 5.19. The van der Waals surface area contributed by atoms with Crippen LogP contribution in [0.1, 0.15) is 45.4 Å². The van der Waals surface area contributed by atoms with Gasteiger partial charge in [-0.05, 0) is 50.3 Å². The minimum atomic E-state index is 0.183. The summed E-state index contributed by atoms with van der Waals surface area (Å²) in [4.78, 5) is 11.8. The van der Waals surface area contributed by atoms with Gasteiger partial charge in [-0.1, -0.05) is 13.3 Å². The van der Waals surface area contributed by atoms with E-state index in [2.05, 4.69) is 17.6 Å². The molecule has 2 N–H and O–H groups in total. The highest BCUT2D eigenvalue weighted by Crippen LogP contribution is 2.28. The third-order valence-electron chi connectivity index (χ3n) is 3.81. The molecule has 0 aliphatic heterocycles. The van der Waals surface area contributed by atoms with Gasteiger partial charge in [-0.25, -0.2) is 0 Å². The Kier molecular flexibility index (Phi) is 5.83. The molecule has 0 bridgehead atoms. The average Bonchev–Trinajstić information content (AvgIpc) is 3.14. The van der Waals surface area contributed by atoms with Gasteiger partial charge in [0.05, 0.1) is 6.54 Å². The summed E-state index contributed by atoms with van der Waals surface area (Å²) >= 11 is 2.05. The Morgan fingerprint density at radius 3 is 2.83 bits per heavy atom. The maximum absolute atomic E-state index is 11.8. The summed E-state index contributed by atoms with van der Waals surface area (Å²) in [5, 5.41) is 7.20. The van der Waals surface area contributed by atoms with Gasteiger partial charge in [-0.2, -0.15) is 11.8 Å². The van der Waals surface area contributed by atoms with Crippen molar-refractivity contribution in [3.05, 3.63) is 0 Å². The van der Waals surface area contributed by atoms with Crippen LogP contribution >= 0.6 is 11.8 Å². The van der Waals surface area contributed by atoms with Crippen molar-refractivity contribution in [1.29, 1.82) is 0 Å². The van der Waals surface area contributed by atoms with E-state index in [-0.39, 0.29) is 5.91 Å². The van der Waals surface area contributed by atoms with E-state index in [1.165, 1.54) is 31.4 Å². The lowest BCUT2D eigenvalue weighted by Crippen LogP contribution is -2.43. The van der Waals surface area contributed by atoms with E-state index >= 15 is 0 Å². The van der Waals surface area contributed by atoms with Crippen LogP contribution in [-0.2, 0) is 4.79 Å². The molecule has 0 spiro atoms. The lowest BCUT2D eigenvalue weighted by atomic mass is 9.95. The zero-order valence-electron chi connectivity index (χ0n) is 11.4. The van der Waals surface area contributed by atoms with Crippen molar-refractivity contribution in [2.75, 3.05) is 18.8 Å². The second kappa shape index (κ2) is 7.39. The fourth-order valence-corrected chi connectivity index (χ4v) is 3.83. The Morgan fingerprint density at radius 1 is 1.28 bits per heavy atom. The predicted octanol–water partition coefficient (Wildman–Crippen LogP) is 2.17. The van der Waals surface area contributed by atoms with E-state index in [9.17, 15) is 4.79 Å². The Bertz CT molecular complexity index is 267. The van der Waals surface area contributed by atoms with Crippen LogP contribution in [-0.4, -0.2) is 36.0 Å². The van der Waals surface area contributed by atoms with E-state index in [0.717, 1.165) is 30.6 Å². The first-order valence-corrected chi connectivity index (χ1v) is 8.44. The largest absolute Gasteiger partial charge is 0.352 e. The molecule has 18 heavy (non-hydrogen) atoms. The first-order chi connectivity index (χ1) is 8.78. The molecule has 0 aromatic rings. The zero-order chi connectivity index (χ0) is 12.8. The number of carbonyl (C=O) groups excluding carboxylic acids is 1. The summed E-state index contributed by atoms with van der Waals surface area (Å²) < 4.78 is 0. The highest BCUT2D eigenvalue weighted by atomic mass is 32.2. The fraction of sp³-hybridized carbons (Fsp3) is 0.929. The first-order valence-electron chi connectivity index (χ1n) is 7.39. The molecule has 4 heteroatoms. The Balaban J connectivity index is 1.59. The molecule has 0 aromatic heterocycles. The lowest BCUT2D eigenvalue weighted by Gasteiger charge is -2.29. The van der Waals surface area contributed by atoms with Crippen LogP contribution in [0.5, 0.6) is 0 Å². The number of carbonyl (C=O) groups is 1. The van der Waals surface area contributed by atoms with Crippen molar-refractivity contribution in [3.8, 4) is 0 Å². The van der Waals surface area contributed by atoms with Crippen molar-refractivity contribution in [1.82, 2.24) is 10.6 Å². The summed E-state index contributed by atoms with van der Waals surface area (Å²) in [6, 6.07) is 0.415.